The summed E-state index contributed by atoms with van der Waals surface area (Å²) in [6.07, 6.45) is -3.38. The van der Waals surface area contributed by atoms with Gasteiger partial charge in [0.2, 0.25) is 0 Å². The molecule has 0 fully saturated rings. The Hall–Kier alpha value is -1.33. The highest BCUT2D eigenvalue weighted by Gasteiger charge is 2.39. The lowest BCUT2D eigenvalue weighted by Gasteiger charge is -2.26. The number of nitrogens with one attached hydrogen (secondary N) is 1. The zero-order valence-corrected chi connectivity index (χ0v) is 9.82. The second-order valence-electron chi connectivity index (χ2n) is 3.93. The van der Waals surface area contributed by atoms with Gasteiger partial charge in [0.1, 0.15) is 6.04 Å². The van der Waals surface area contributed by atoms with Gasteiger partial charge >= 0.3 is 6.18 Å². The molecule has 1 aromatic carbocycles. The first-order chi connectivity index (χ1) is 8.49. The largest absolute Gasteiger partial charge is 0.404 e. The van der Waals surface area contributed by atoms with Gasteiger partial charge in [0.15, 0.2) is 0 Å². The van der Waals surface area contributed by atoms with E-state index in [1.165, 1.54) is 6.08 Å². The average molecular weight is 259 g/mol. The fraction of sp³-hybridized carbons (Fsp3) is 0.385. The third kappa shape index (κ3) is 4.16. The van der Waals surface area contributed by atoms with Crippen molar-refractivity contribution in [2.45, 2.75) is 24.7 Å². The number of aliphatic hydroxyl groups is 1. The summed E-state index contributed by atoms with van der Waals surface area (Å²) in [6, 6.07) is 6.11. The van der Waals surface area contributed by atoms with Crippen LogP contribution in [0.25, 0.3) is 0 Å². The SMILES string of the molecule is C=CCC(N[C@@H](CO)c1ccccc1)C(F)(F)F. The quantitative estimate of drug-likeness (QED) is 0.770. The van der Waals surface area contributed by atoms with Crippen LogP contribution in [0.1, 0.15) is 18.0 Å². The zero-order chi connectivity index (χ0) is 13.6. The van der Waals surface area contributed by atoms with Gasteiger partial charge in [-0.05, 0) is 12.0 Å². The molecule has 0 aromatic heterocycles. The standard InChI is InChI=1S/C13H16F3NO/c1-2-6-12(13(14,15)16)17-11(9-18)10-7-4-3-5-8-10/h2-5,7-8,11-12,17-18H,1,6,9H2/t11-,12?/m0/s1. The summed E-state index contributed by atoms with van der Waals surface area (Å²) in [5, 5.41) is 11.6. The Bertz CT molecular complexity index is 364. The summed E-state index contributed by atoms with van der Waals surface area (Å²) >= 11 is 0. The van der Waals surface area contributed by atoms with Crippen molar-refractivity contribution in [3.63, 3.8) is 0 Å². The maximum absolute atomic E-state index is 12.7. The van der Waals surface area contributed by atoms with Gasteiger partial charge in [-0.2, -0.15) is 13.2 Å². The predicted molar refractivity (Wildman–Crippen MR) is 64.1 cm³/mol. The maximum Gasteiger partial charge on any atom is 0.404 e. The summed E-state index contributed by atoms with van der Waals surface area (Å²) in [5.41, 5.74) is 0.623. The number of halogens is 3. The molecule has 0 heterocycles. The lowest BCUT2D eigenvalue weighted by molar-refractivity contribution is -0.157. The van der Waals surface area contributed by atoms with Crippen LogP contribution in [0.4, 0.5) is 13.2 Å². The van der Waals surface area contributed by atoms with Crippen molar-refractivity contribution in [3.05, 3.63) is 48.6 Å². The lowest BCUT2D eigenvalue weighted by atomic mass is 10.1. The highest BCUT2D eigenvalue weighted by molar-refractivity contribution is 5.19. The molecule has 2 nitrogen and oxygen atoms in total. The van der Waals surface area contributed by atoms with Crippen LogP contribution < -0.4 is 5.32 Å². The third-order valence-electron chi connectivity index (χ3n) is 2.58. The van der Waals surface area contributed by atoms with E-state index in [2.05, 4.69) is 11.9 Å². The molecule has 2 atom stereocenters. The van der Waals surface area contributed by atoms with E-state index < -0.39 is 24.9 Å². The molecule has 0 spiro atoms. The molecule has 0 aliphatic rings. The van der Waals surface area contributed by atoms with E-state index in [-0.39, 0.29) is 6.42 Å². The Morgan fingerprint density at radius 3 is 2.33 bits per heavy atom. The first-order valence-electron chi connectivity index (χ1n) is 5.58. The molecule has 2 N–H and O–H groups in total. The molecule has 5 heteroatoms. The van der Waals surface area contributed by atoms with Gasteiger partial charge in [-0.15, -0.1) is 6.58 Å². The monoisotopic (exact) mass is 259 g/mol. The van der Waals surface area contributed by atoms with Crippen molar-refractivity contribution < 1.29 is 18.3 Å². The Labute approximate surface area is 104 Å². The first-order valence-corrected chi connectivity index (χ1v) is 5.58. The van der Waals surface area contributed by atoms with Crippen LogP contribution in [-0.2, 0) is 0 Å². The molecular formula is C13H16F3NO. The summed E-state index contributed by atoms with van der Waals surface area (Å²) < 4.78 is 38.2. The highest BCUT2D eigenvalue weighted by atomic mass is 19.4. The summed E-state index contributed by atoms with van der Waals surface area (Å²) in [5.74, 6) is 0. The van der Waals surface area contributed by atoms with Gasteiger partial charge in [0, 0.05) is 0 Å². The number of alkyl halides is 3. The van der Waals surface area contributed by atoms with Gasteiger partial charge < -0.3 is 5.11 Å². The second-order valence-corrected chi connectivity index (χ2v) is 3.93. The van der Waals surface area contributed by atoms with E-state index in [1.54, 1.807) is 30.3 Å². The Balaban J connectivity index is 2.80. The van der Waals surface area contributed by atoms with Crippen molar-refractivity contribution in [1.29, 1.82) is 0 Å². The summed E-state index contributed by atoms with van der Waals surface area (Å²) in [4.78, 5) is 0. The van der Waals surface area contributed by atoms with Gasteiger partial charge in [0.05, 0.1) is 12.6 Å². The number of hydrogen-bond donors (Lipinski definition) is 2. The Morgan fingerprint density at radius 1 is 1.28 bits per heavy atom. The van der Waals surface area contributed by atoms with Crippen LogP contribution in [0.5, 0.6) is 0 Å². The van der Waals surface area contributed by atoms with Crippen LogP contribution in [0.3, 0.4) is 0 Å². The van der Waals surface area contributed by atoms with Gasteiger partial charge in [0.25, 0.3) is 0 Å². The minimum absolute atomic E-state index is 0.229. The lowest BCUT2D eigenvalue weighted by Crippen LogP contribution is -2.44. The molecule has 18 heavy (non-hydrogen) atoms. The van der Waals surface area contributed by atoms with Gasteiger partial charge in [-0.3, -0.25) is 5.32 Å². The van der Waals surface area contributed by atoms with E-state index in [0.717, 1.165) is 0 Å². The Kier molecular flexibility index (Phi) is 5.37. The smallest absolute Gasteiger partial charge is 0.394 e. The molecule has 1 rings (SSSR count). The summed E-state index contributed by atoms with van der Waals surface area (Å²) in [6.45, 7) is 2.92. The molecule has 0 radical (unpaired) electrons. The fourth-order valence-corrected chi connectivity index (χ4v) is 1.65. The minimum Gasteiger partial charge on any atom is -0.394 e. The van der Waals surface area contributed by atoms with Crippen molar-refractivity contribution in [1.82, 2.24) is 5.32 Å². The van der Waals surface area contributed by atoms with Gasteiger partial charge in [-0.25, -0.2) is 0 Å². The van der Waals surface area contributed by atoms with E-state index in [4.69, 9.17) is 0 Å². The molecule has 1 aromatic rings. The first kappa shape index (κ1) is 14.7. The van der Waals surface area contributed by atoms with Crippen molar-refractivity contribution in [2.24, 2.45) is 0 Å². The minimum atomic E-state index is -4.36. The van der Waals surface area contributed by atoms with Gasteiger partial charge in [-0.1, -0.05) is 36.4 Å². The van der Waals surface area contributed by atoms with Crippen LogP contribution >= 0.6 is 0 Å². The molecule has 0 aliphatic carbocycles. The Morgan fingerprint density at radius 2 is 1.89 bits per heavy atom. The number of aliphatic hydroxyl groups excluding tert-OH is 1. The molecular weight excluding hydrogens is 243 g/mol. The van der Waals surface area contributed by atoms with Crippen LogP contribution in [0.2, 0.25) is 0 Å². The van der Waals surface area contributed by atoms with E-state index in [9.17, 15) is 18.3 Å². The van der Waals surface area contributed by atoms with Crippen LogP contribution in [-0.4, -0.2) is 23.9 Å². The maximum atomic E-state index is 12.7. The summed E-state index contributed by atoms with van der Waals surface area (Å²) in [7, 11) is 0. The normalized spacial score (nSPS) is 15.1. The molecule has 100 valence electrons. The third-order valence-corrected chi connectivity index (χ3v) is 2.58. The highest BCUT2D eigenvalue weighted by Crippen LogP contribution is 2.25. The number of rotatable bonds is 6. The predicted octanol–water partition coefficient (Wildman–Crippen LogP) is 2.82. The fourth-order valence-electron chi connectivity index (χ4n) is 1.65. The van der Waals surface area contributed by atoms with E-state index in [0.29, 0.717) is 5.56 Å². The van der Waals surface area contributed by atoms with Crippen molar-refractivity contribution in [3.8, 4) is 0 Å². The van der Waals surface area contributed by atoms with Crippen molar-refractivity contribution >= 4 is 0 Å². The molecule has 0 aliphatic heterocycles. The molecule has 0 bridgehead atoms. The van der Waals surface area contributed by atoms with E-state index >= 15 is 0 Å². The number of hydrogen-bond acceptors (Lipinski definition) is 2. The molecule has 1 unspecified atom stereocenters. The van der Waals surface area contributed by atoms with Crippen molar-refractivity contribution in [2.75, 3.05) is 6.61 Å². The van der Waals surface area contributed by atoms with Crippen LogP contribution in [0.15, 0.2) is 43.0 Å². The molecule has 0 saturated carbocycles. The molecule has 0 saturated heterocycles. The average Bonchev–Trinajstić information content (AvgIpc) is 2.34. The zero-order valence-electron chi connectivity index (χ0n) is 9.82. The second kappa shape index (κ2) is 6.56. The topological polar surface area (TPSA) is 32.3 Å². The van der Waals surface area contributed by atoms with E-state index in [1.807, 2.05) is 0 Å². The molecule has 0 amide bonds. The van der Waals surface area contributed by atoms with Crippen LogP contribution in [0, 0.1) is 0 Å². The number of benzene rings is 1.